The van der Waals surface area contributed by atoms with E-state index in [1.54, 1.807) is 12.3 Å². The lowest BCUT2D eigenvalue weighted by atomic mass is 10.1. The fraction of sp³-hybridized carbons (Fsp3) is 0.545. The number of rotatable bonds is 6. The van der Waals surface area contributed by atoms with E-state index < -0.39 is 0 Å². The molecule has 0 radical (unpaired) electrons. The summed E-state index contributed by atoms with van der Waals surface area (Å²) in [5, 5.41) is 2.76. The van der Waals surface area contributed by atoms with Crippen LogP contribution in [0.5, 0.6) is 0 Å². The Morgan fingerprint density at radius 3 is 3.07 bits per heavy atom. The number of nitrogens with two attached hydrogens (primary N) is 1. The maximum absolute atomic E-state index is 11.4. The van der Waals surface area contributed by atoms with Gasteiger partial charge in [0, 0.05) is 12.5 Å². The van der Waals surface area contributed by atoms with Gasteiger partial charge in [0.1, 0.15) is 5.76 Å². The summed E-state index contributed by atoms with van der Waals surface area (Å²) in [5.74, 6) is 0.736. The van der Waals surface area contributed by atoms with Gasteiger partial charge >= 0.3 is 0 Å². The van der Waals surface area contributed by atoms with Crippen LogP contribution in [0.1, 0.15) is 31.9 Å². The van der Waals surface area contributed by atoms with E-state index in [9.17, 15) is 4.79 Å². The third kappa shape index (κ3) is 4.65. The standard InChI is InChI=1S/C11H18N2O2/c1-2-4-9(12)7-11(14)13-8-10-5-3-6-15-10/h3,5-6,9H,2,4,7-8,12H2,1H3,(H,13,14). The fourth-order valence-corrected chi connectivity index (χ4v) is 1.38. The molecule has 1 atom stereocenters. The highest BCUT2D eigenvalue weighted by molar-refractivity contribution is 5.76. The normalized spacial score (nSPS) is 12.4. The molecule has 15 heavy (non-hydrogen) atoms. The maximum Gasteiger partial charge on any atom is 0.221 e. The van der Waals surface area contributed by atoms with Gasteiger partial charge in [-0.15, -0.1) is 0 Å². The Labute approximate surface area is 89.8 Å². The second kappa shape index (κ2) is 6.24. The Balaban J connectivity index is 2.19. The first kappa shape index (κ1) is 11.8. The van der Waals surface area contributed by atoms with Gasteiger partial charge in [0.25, 0.3) is 0 Å². The largest absolute Gasteiger partial charge is 0.467 e. The summed E-state index contributed by atoms with van der Waals surface area (Å²) in [5.41, 5.74) is 5.75. The Morgan fingerprint density at radius 2 is 2.47 bits per heavy atom. The minimum absolute atomic E-state index is 0.0210. The molecule has 0 aromatic carbocycles. The van der Waals surface area contributed by atoms with Crippen LogP contribution in [0, 0.1) is 0 Å². The van der Waals surface area contributed by atoms with E-state index in [4.69, 9.17) is 10.2 Å². The van der Waals surface area contributed by atoms with Gasteiger partial charge in [0.05, 0.1) is 12.8 Å². The van der Waals surface area contributed by atoms with E-state index in [2.05, 4.69) is 12.2 Å². The van der Waals surface area contributed by atoms with E-state index in [-0.39, 0.29) is 11.9 Å². The fourth-order valence-electron chi connectivity index (χ4n) is 1.38. The number of hydrogen-bond donors (Lipinski definition) is 2. The third-order valence-electron chi connectivity index (χ3n) is 2.15. The van der Waals surface area contributed by atoms with Crippen LogP contribution >= 0.6 is 0 Å². The van der Waals surface area contributed by atoms with Crippen molar-refractivity contribution in [2.75, 3.05) is 0 Å². The van der Waals surface area contributed by atoms with Gasteiger partial charge in [0.15, 0.2) is 0 Å². The lowest BCUT2D eigenvalue weighted by Crippen LogP contribution is -2.31. The van der Waals surface area contributed by atoms with Crippen molar-refractivity contribution < 1.29 is 9.21 Å². The lowest BCUT2D eigenvalue weighted by molar-refractivity contribution is -0.121. The number of nitrogens with one attached hydrogen (secondary N) is 1. The SMILES string of the molecule is CCCC(N)CC(=O)NCc1ccco1. The van der Waals surface area contributed by atoms with Crippen LogP contribution in [-0.2, 0) is 11.3 Å². The van der Waals surface area contributed by atoms with Crippen LogP contribution in [0.15, 0.2) is 22.8 Å². The molecule has 0 aliphatic heterocycles. The summed E-state index contributed by atoms with van der Waals surface area (Å²) >= 11 is 0. The molecule has 0 spiro atoms. The monoisotopic (exact) mass is 210 g/mol. The minimum atomic E-state index is -0.0356. The average Bonchev–Trinajstić information content (AvgIpc) is 2.67. The van der Waals surface area contributed by atoms with Gasteiger partial charge < -0.3 is 15.5 Å². The highest BCUT2D eigenvalue weighted by atomic mass is 16.3. The summed E-state index contributed by atoms with van der Waals surface area (Å²) < 4.78 is 5.09. The molecule has 0 saturated heterocycles. The van der Waals surface area contributed by atoms with Crippen molar-refractivity contribution in [2.24, 2.45) is 5.73 Å². The van der Waals surface area contributed by atoms with Gasteiger partial charge in [-0.1, -0.05) is 13.3 Å². The Kier molecular flexibility index (Phi) is 4.90. The number of carbonyl (C=O) groups excluding carboxylic acids is 1. The summed E-state index contributed by atoms with van der Waals surface area (Å²) in [6.07, 6.45) is 3.86. The molecule has 3 N–H and O–H groups in total. The molecule has 0 aliphatic carbocycles. The summed E-state index contributed by atoms with van der Waals surface area (Å²) in [4.78, 5) is 11.4. The molecule has 1 unspecified atom stereocenters. The molecule has 1 amide bonds. The molecular formula is C11H18N2O2. The highest BCUT2D eigenvalue weighted by Crippen LogP contribution is 2.01. The number of furan rings is 1. The zero-order valence-corrected chi connectivity index (χ0v) is 9.03. The predicted octanol–water partition coefficient (Wildman–Crippen LogP) is 1.41. The average molecular weight is 210 g/mol. The second-order valence-corrected chi connectivity index (χ2v) is 3.61. The van der Waals surface area contributed by atoms with Crippen molar-refractivity contribution in [2.45, 2.75) is 38.8 Å². The molecule has 84 valence electrons. The number of hydrogen-bond acceptors (Lipinski definition) is 3. The minimum Gasteiger partial charge on any atom is -0.467 e. The van der Waals surface area contributed by atoms with Crippen LogP contribution in [-0.4, -0.2) is 11.9 Å². The summed E-state index contributed by atoms with van der Waals surface area (Å²) in [6.45, 7) is 2.49. The molecule has 0 aliphatic rings. The molecule has 4 nitrogen and oxygen atoms in total. The van der Waals surface area contributed by atoms with Crippen LogP contribution in [0.2, 0.25) is 0 Å². The van der Waals surface area contributed by atoms with Gasteiger partial charge in [-0.3, -0.25) is 4.79 Å². The highest BCUT2D eigenvalue weighted by Gasteiger charge is 2.08. The first-order chi connectivity index (χ1) is 7.22. The Bertz CT molecular complexity index is 283. The maximum atomic E-state index is 11.4. The van der Waals surface area contributed by atoms with E-state index in [1.807, 2.05) is 6.07 Å². The van der Waals surface area contributed by atoms with Crippen molar-refractivity contribution in [1.82, 2.24) is 5.32 Å². The van der Waals surface area contributed by atoms with Gasteiger partial charge in [-0.2, -0.15) is 0 Å². The molecule has 1 aromatic heterocycles. The molecule has 0 fully saturated rings. The first-order valence-corrected chi connectivity index (χ1v) is 5.27. The van der Waals surface area contributed by atoms with Crippen LogP contribution in [0.25, 0.3) is 0 Å². The van der Waals surface area contributed by atoms with E-state index in [0.29, 0.717) is 13.0 Å². The summed E-state index contributed by atoms with van der Waals surface area (Å²) in [6, 6.07) is 3.59. The second-order valence-electron chi connectivity index (χ2n) is 3.61. The van der Waals surface area contributed by atoms with Crippen molar-refractivity contribution in [1.29, 1.82) is 0 Å². The van der Waals surface area contributed by atoms with E-state index in [1.165, 1.54) is 0 Å². The van der Waals surface area contributed by atoms with Crippen LogP contribution in [0.4, 0.5) is 0 Å². The lowest BCUT2D eigenvalue weighted by Gasteiger charge is -2.09. The molecule has 1 heterocycles. The zero-order chi connectivity index (χ0) is 11.1. The third-order valence-corrected chi connectivity index (χ3v) is 2.15. The molecule has 0 saturated carbocycles. The Morgan fingerprint density at radius 1 is 1.67 bits per heavy atom. The smallest absolute Gasteiger partial charge is 0.221 e. The van der Waals surface area contributed by atoms with Gasteiger partial charge in [0.2, 0.25) is 5.91 Å². The molecular weight excluding hydrogens is 192 g/mol. The van der Waals surface area contributed by atoms with Crippen LogP contribution < -0.4 is 11.1 Å². The van der Waals surface area contributed by atoms with Crippen molar-refractivity contribution >= 4 is 5.91 Å². The quantitative estimate of drug-likeness (QED) is 0.746. The predicted molar refractivity (Wildman–Crippen MR) is 58.1 cm³/mol. The Hall–Kier alpha value is -1.29. The molecule has 1 aromatic rings. The van der Waals surface area contributed by atoms with Gasteiger partial charge in [-0.05, 0) is 18.6 Å². The zero-order valence-electron chi connectivity index (χ0n) is 9.03. The molecule has 1 rings (SSSR count). The van der Waals surface area contributed by atoms with Crippen LogP contribution in [0.3, 0.4) is 0 Å². The molecule has 4 heteroatoms. The number of carbonyl (C=O) groups is 1. The summed E-state index contributed by atoms with van der Waals surface area (Å²) in [7, 11) is 0. The van der Waals surface area contributed by atoms with Crippen molar-refractivity contribution in [3.63, 3.8) is 0 Å². The number of amides is 1. The molecule has 0 bridgehead atoms. The van der Waals surface area contributed by atoms with Crippen molar-refractivity contribution in [3.8, 4) is 0 Å². The van der Waals surface area contributed by atoms with E-state index >= 15 is 0 Å². The van der Waals surface area contributed by atoms with E-state index in [0.717, 1.165) is 18.6 Å². The van der Waals surface area contributed by atoms with Gasteiger partial charge in [-0.25, -0.2) is 0 Å². The first-order valence-electron chi connectivity index (χ1n) is 5.27. The topological polar surface area (TPSA) is 68.3 Å². The van der Waals surface area contributed by atoms with Crippen molar-refractivity contribution in [3.05, 3.63) is 24.2 Å².